The van der Waals surface area contributed by atoms with Gasteiger partial charge >= 0.3 is 6.09 Å². The van der Waals surface area contributed by atoms with Crippen LogP contribution in [0.15, 0.2) is 30.3 Å². The quantitative estimate of drug-likeness (QED) is 0.816. The Kier molecular flexibility index (Phi) is 5.38. The van der Waals surface area contributed by atoms with Gasteiger partial charge in [-0.25, -0.2) is 0 Å². The van der Waals surface area contributed by atoms with Gasteiger partial charge in [-0.1, -0.05) is 51.1 Å². The SMILES string of the molecule is CC(C)(C)C(=O)N[N+]1(C(=O)OCc2ccccc2)CCNCC1. The monoisotopic (exact) mass is 320 g/mol. The molecule has 0 aliphatic carbocycles. The van der Waals surface area contributed by atoms with Gasteiger partial charge < -0.3 is 10.1 Å². The van der Waals surface area contributed by atoms with Gasteiger partial charge in [0.25, 0.3) is 5.91 Å². The number of carbonyl (C=O) groups is 2. The van der Waals surface area contributed by atoms with Gasteiger partial charge in [0.1, 0.15) is 19.7 Å². The van der Waals surface area contributed by atoms with E-state index in [1.165, 1.54) is 0 Å². The van der Waals surface area contributed by atoms with Crippen LogP contribution in [0.4, 0.5) is 4.79 Å². The first-order valence-corrected chi connectivity index (χ1v) is 7.95. The summed E-state index contributed by atoms with van der Waals surface area (Å²) in [6.45, 7) is 7.97. The molecule has 1 aliphatic rings. The molecule has 1 aromatic rings. The zero-order chi connectivity index (χ0) is 16.9. The largest absolute Gasteiger partial charge is 0.541 e. The molecule has 1 heterocycles. The average Bonchev–Trinajstić information content (AvgIpc) is 2.53. The minimum absolute atomic E-state index is 0.156. The van der Waals surface area contributed by atoms with Gasteiger partial charge in [0.05, 0.1) is 0 Å². The maximum Gasteiger partial charge on any atom is 0.541 e. The molecule has 0 atom stereocenters. The first-order valence-electron chi connectivity index (χ1n) is 7.95. The van der Waals surface area contributed by atoms with E-state index in [0.29, 0.717) is 26.2 Å². The van der Waals surface area contributed by atoms with E-state index in [1.807, 2.05) is 51.1 Å². The van der Waals surface area contributed by atoms with Crippen LogP contribution in [0.3, 0.4) is 0 Å². The molecule has 1 saturated heterocycles. The van der Waals surface area contributed by atoms with E-state index in [0.717, 1.165) is 5.56 Å². The summed E-state index contributed by atoms with van der Waals surface area (Å²) in [5.41, 5.74) is 3.26. The Bertz CT molecular complexity index is 546. The molecule has 1 fully saturated rings. The molecule has 23 heavy (non-hydrogen) atoms. The number of carbonyl (C=O) groups excluding carboxylic acids is 2. The molecule has 0 radical (unpaired) electrons. The lowest BCUT2D eigenvalue weighted by atomic mass is 9.96. The first-order chi connectivity index (χ1) is 10.8. The van der Waals surface area contributed by atoms with E-state index in [4.69, 9.17) is 4.74 Å². The number of hydrogen-bond donors (Lipinski definition) is 2. The van der Waals surface area contributed by atoms with Crippen molar-refractivity contribution in [1.29, 1.82) is 0 Å². The third-order valence-electron chi connectivity index (χ3n) is 3.89. The first kappa shape index (κ1) is 17.4. The zero-order valence-electron chi connectivity index (χ0n) is 14.1. The number of nitrogens with zero attached hydrogens (tertiary/aromatic N) is 1. The van der Waals surface area contributed by atoms with E-state index in [9.17, 15) is 9.59 Å². The second-order valence-electron chi connectivity index (χ2n) is 6.90. The topological polar surface area (TPSA) is 67.4 Å². The van der Waals surface area contributed by atoms with Crippen molar-refractivity contribution in [2.24, 2.45) is 5.41 Å². The Morgan fingerprint density at radius 1 is 1.17 bits per heavy atom. The molecule has 2 amide bonds. The van der Waals surface area contributed by atoms with Crippen LogP contribution in [0.5, 0.6) is 0 Å². The minimum Gasteiger partial charge on any atom is -0.413 e. The highest BCUT2D eigenvalue weighted by Gasteiger charge is 2.44. The van der Waals surface area contributed by atoms with Crippen LogP contribution in [0, 0.1) is 5.41 Å². The fraction of sp³-hybridized carbons (Fsp3) is 0.529. The van der Waals surface area contributed by atoms with E-state index in [-0.39, 0.29) is 17.1 Å². The van der Waals surface area contributed by atoms with Crippen LogP contribution >= 0.6 is 0 Å². The Balaban J connectivity index is 2.07. The molecule has 0 saturated carbocycles. The molecule has 6 heteroatoms. The van der Waals surface area contributed by atoms with Crippen molar-refractivity contribution in [2.45, 2.75) is 27.4 Å². The lowest BCUT2D eigenvalue weighted by Crippen LogP contribution is -2.70. The molecule has 126 valence electrons. The van der Waals surface area contributed by atoms with Gasteiger partial charge in [-0.05, 0) is 5.56 Å². The van der Waals surface area contributed by atoms with Crippen molar-refractivity contribution in [3.05, 3.63) is 35.9 Å². The Labute approximate surface area is 137 Å². The molecule has 2 N–H and O–H groups in total. The fourth-order valence-corrected chi connectivity index (χ4v) is 2.32. The maximum absolute atomic E-state index is 12.7. The third kappa shape index (κ3) is 4.53. The number of quaternary nitrogens is 1. The summed E-state index contributed by atoms with van der Waals surface area (Å²) in [5.74, 6) is -0.156. The van der Waals surface area contributed by atoms with Crippen LogP contribution < -0.4 is 10.7 Å². The summed E-state index contributed by atoms with van der Waals surface area (Å²) in [6.07, 6.45) is -0.409. The molecule has 1 aliphatic heterocycles. The average molecular weight is 320 g/mol. The van der Waals surface area contributed by atoms with Gasteiger partial charge in [-0.3, -0.25) is 4.79 Å². The lowest BCUT2D eigenvalue weighted by Gasteiger charge is -2.37. The van der Waals surface area contributed by atoms with Crippen LogP contribution in [0.1, 0.15) is 26.3 Å². The van der Waals surface area contributed by atoms with E-state index >= 15 is 0 Å². The number of benzene rings is 1. The Morgan fingerprint density at radius 3 is 2.35 bits per heavy atom. The zero-order valence-corrected chi connectivity index (χ0v) is 14.1. The molecule has 1 aromatic carbocycles. The third-order valence-corrected chi connectivity index (χ3v) is 3.89. The highest BCUT2D eigenvalue weighted by Crippen LogP contribution is 2.17. The summed E-state index contributed by atoms with van der Waals surface area (Å²) < 4.78 is 5.32. The van der Waals surface area contributed by atoms with Crippen molar-refractivity contribution in [1.82, 2.24) is 10.7 Å². The van der Waals surface area contributed by atoms with Crippen LogP contribution in [-0.4, -0.2) is 42.8 Å². The summed E-state index contributed by atoms with van der Waals surface area (Å²) >= 11 is 0. The molecule has 0 spiro atoms. The summed E-state index contributed by atoms with van der Waals surface area (Å²) in [5, 5.41) is 3.21. The van der Waals surface area contributed by atoms with Crippen LogP contribution in [0.2, 0.25) is 0 Å². The molecule has 2 rings (SSSR count). The van der Waals surface area contributed by atoms with E-state index < -0.39 is 11.5 Å². The highest BCUT2D eigenvalue weighted by molar-refractivity contribution is 5.81. The maximum atomic E-state index is 12.7. The molecule has 6 nitrogen and oxygen atoms in total. The van der Waals surface area contributed by atoms with Crippen LogP contribution in [0.25, 0.3) is 0 Å². The summed E-state index contributed by atoms with van der Waals surface area (Å²) in [4.78, 5) is 25.0. The van der Waals surface area contributed by atoms with Gasteiger partial charge in [-0.15, -0.1) is 4.59 Å². The second-order valence-corrected chi connectivity index (χ2v) is 6.90. The molecule has 0 bridgehead atoms. The van der Waals surface area contributed by atoms with Crippen molar-refractivity contribution >= 4 is 12.0 Å². The normalized spacial score (nSPS) is 17.3. The molecule has 0 unspecified atom stereocenters. The second kappa shape index (κ2) is 7.10. The van der Waals surface area contributed by atoms with Gasteiger partial charge in [0, 0.05) is 18.5 Å². The number of ether oxygens (including phenoxy) is 1. The van der Waals surface area contributed by atoms with Gasteiger partial charge in [0.2, 0.25) is 0 Å². The Morgan fingerprint density at radius 2 is 1.78 bits per heavy atom. The Hall–Kier alpha value is -1.92. The van der Waals surface area contributed by atoms with E-state index in [1.54, 1.807) is 0 Å². The standard InChI is InChI=1S/C17H25N3O3/c1-17(2,3)15(21)19-20(11-9-18-10-12-20)16(22)23-13-14-7-5-4-6-8-14/h4-8,18H,9-13H2,1-3H3/p+1. The number of rotatable bonds is 2. The van der Waals surface area contributed by atoms with Gasteiger partial charge in [-0.2, -0.15) is 10.2 Å². The van der Waals surface area contributed by atoms with Crippen molar-refractivity contribution in [3.63, 3.8) is 0 Å². The van der Waals surface area contributed by atoms with Gasteiger partial charge in [0.15, 0.2) is 0 Å². The number of hydrogen-bond acceptors (Lipinski definition) is 4. The smallest absolute Gasteiger partial charge is 0.413 e. The summed E-state index contributed by atoms with van der Waals surface area (Å²) in [6, 6.07) is 9.53. The van der Waals surface area contributed by atoms with E-state index in [2.05, 4.69) is 10.7 Å². The number of piperazine rings is 1. The molecule has 0 aromatic heterocycles. The highest BCUT2D eigenvalue weighted by atomic mass is 16.6. The number of amides is 2. The minimum atomic E-state index is -0.560. The van der Waals surface area contributed by atoms with Crippen molar-refractivity contribution < 1.29 is 18.9 Å². The lowest BCUT2D eigenvalue weighted by molar-refractivity contribution is -0.895. The van der Waals surface area contributed by atoms with Crippen molar-refractivity contribution in [2.75, 3.05) is 26.2 Å². The van der Waals surface area contributed by atoms with Crippen LogP contribution in [-0.2, 0) is 16.1 Å². The predicted octanol–water partition coefficient (Wildman–Crippen LogP) is 1.82. The summed E-state index contributed by atoms with van der Waals surface area (Å²) in [7, 11) is 0. The predicted molar refractivity (Wildman–Crippen MR) is 87.1 cm³/mol. The fourth-order valence-electron chi connectivity index (χ4n) is 2.32. The van der Waals surface area contributed by atoms with Crippen molar-refractivity contribution in [3.8, 4) is 0 Å². The molecular weight excluding hydrogens is 294 g/mol. The molecular formula is C17H26N3O3+. The number of nitrogens with one attached hydrogen (secondary N) is 2.